The zero-order valence-electron chi connectivity index (χ0n) is 20.9. The molecule has 4 aromatic rings. The van der Waals surface area contributed by atoms with E-state index in [1.807, 2.05) is 78.9 Å². The lowest BCUT2D eigenvalue weighted by Gasteiger charge is -2.10. The van der Waals surface area contributed by atoms with E-state index in [-0.39, 0.29) is 12.3 Å². The van der Waals surface area contributed by atoms with Gasteiger partial charge in [0.2, 0.25) is 0 Å². The molecule has 8 heteroatoms. The molecule has 0 amide bonds. The van der Waals surface area contributed by atoms with E-state index in [2.05, 4.69) is 10.6 Å². The number of esters is 1. The van der Waals surface area contributed by atoms with Crippen LogP contribution in [0.15, 0.2) is 89.6 Å². The number of benzene rings is 3. The normalized spacial score (nSPS) is 11.2. The number of hydrogen-bond donors (Lipinski definition) is 1. The molecule has 37 heavy (non-hydrogen) atoms. The molecule has 0 radical (unpaired) electrons. The van der Waals surface area contributed by atoms with Crippen LogP contribution in [0.4, 0.5) is 0 Å². The monoisotopic (exact) mass is 500 g/mol. The van der Waals surface area contributed by atoms with Gasteiger partial charge in [-0.25, -0.2) is 4.79 Å². The molecule has 8 nitrogen and oxygen atoms in total. The Morgan fingerprint density at radius 3 is 2.35 bits per heavy atom. The molecule has 0 spiro atoms. The Morgan fingerprint density at radius 1 is 0.973 bits per heavy atom. The van der Waals surface area contributed by atoms with Gasteiger partial charge in [-0.2, -0.15) is 0 Å². The topological polar surface area (TPSA) is 92.1 Å². The molecule has 3 aromatic carbocycles. The van der Waals surface area contributed by atoms with E-state index in [9.17, 15) is 4.79 Å². The maximum absolute atomic E-state index is 12.2. The first kappa shape index (κ1) is 25.5. The number of aromatic nitrogens is 1. The fourth-order valence-corrected chi connectivity index (χ4v) is 3.61. The molecule has 1 aromatic heterocycles. The van der Waals surface area contributed by atoms with Crippen molar-refractivity contribution in [3.05, 3.63) is 108 Å². The molecular weight excluding hydrogens is 472 g/mol. The lowest BCUT2D eigenvalue weighted by atomic mass is 10.0. The number of nitrogens with one attached hydrogen (secondary N) is 1. The fraction of sp³-hybridized carbons (Fsp3) is 0.172. The minimum atomic E-state index is -0.510. The van der Waals surface area contributed by atoms with Crippen molar-refractivity contribution in [2.75, 3.05) is 13.7 Å². The van der Waals surface area contributed by atoms with Crippen LogP contribution in [0.3, 0.4) is 0 Å². The van der Waals surface area contributed by atoms with Gasteiger partial charge in [0, 0.05) is 5.56 Å². The van der Waals surface area contributed by atoms with Gasteiger partial charge in [-0.05, 0) is 49.2 Å². The predicted octanol–water partition coefficient (Wildman–Crippen LogP) is 5.93. The third-order valence-corrected chi connectivity index (χ3v) is 5.41. The molecule has 190 valence electrons. The van der Waals surface area contributed by atoms with Crippen molar-refractivity contribution < 1.29 is 28.4 Å². The Bertz CT molecular complexity index is 1330. The molecule has 0 aliphatic heterocycles. The van der Waals surface area contributed by atoms with Crippen molar-refractivity contribution >= 4 is 11.7 Å². The van der Waals surface area contributed by atoms with Crippen LogP contribution in [-0.4, -0.2) is 24.8 Å². The Balaban J connectivity index is 1.36. The molecule has 0 atom stereocenters. The van der Waals surface area contributed by atoms with Gasteiger partial charge in [0.1, 0.15) is 35.8 Å². The third-order valence-electron chi connectivity index (χ3n) is 5.41. The minimum Gasteiger partial charge on any atom is -0.489 e. The summed E-state index contributed by atoms with van der Waals surface area (Å²) in [7, 11) is 1.55. The Labute approximate surface area is 215 Å². The molecule has 0 saturated heterocycles. The summed E-state index contributed by atoms with van der Waals surface area (Å²) in [6, 6.07) is 24.8. The van der Waals surface area contributed by atoms with Gasteiger partial charge in [-0.1, -0.05) is 59.8 Å². The summed E-state index contributed by atoms with van der Waals surface area (Å²) in [6.07, 6.45) is 1.61. The summed E-state index contributed by atoms with van der Waals surface area (Å²) >= 11 is 0. The predicted molar refractivity (Wildman–Crippen MR) is 139 cm³/mol. The maximum Gasteiger partial charge on any atom is 0.361 e. The van der Waals surface area contributed by atoms with Gasteiger partial charge in [-0.3, -0.25) is 10.3 Å². The standard InChI is InChI=1S/C29H28N2O6/c1-4-34-29(32)28-27(20(2)37-31-28)23-12-16-25(17-13-23)35-18-21-10-14-24(15-11-21)36-19-26(30-33-3)22-8-6-5-7-9-22/h5-17,19,30H,4,18H2,1-3H3. The third kappa shape index (κ3) is 6.56. The van der Waals surface area contributed by atoms with Gasteiger partial charge >= 0.3 is 5.97 Å². The van der Waals surface area contributed by atoms with Crippen molar-refractivity contribution in [2.24, 2.45) is 0 Å². The number of carbonyl (C=O) groups excluding carboxylic acids is 1. The molecule has 0 bridgehead atoms. The summed E-state index contributed by atoms with van der Waals surface area (Å²) in [4.78, 5) is 17.2. The van der Waals surface area contributed by atoms with E-state index in [1.54, 1.807) is 27.2 Å². The first-order valence-electron chi connectivity index (χ1n) is 11.8. The Morgan fingerprint density at radius 2 is 1.68 bits per heavy atom. The van der Waals surface area contributed by atoms with Crippen LogP contribution < -0.4 is 15.0 Å². The fourth-order valence-electron chi connectivity index (χ4n) is 3.61. The van der Waals surface area contributed by atoms with Gasteiger partial charge in [-0.15, -0.1) is 0 Å². The number of aryl methyl sites for hydroxylation is 1. The number of ether oxygens (including phenoxy) is 3. The SMILES string of the molecule is CCOC(=O)c1noc(C)c1-c1ccc(OCc2ccc(OC=C(NOC)c3ccccc3)cc2)cc1. The van der Waals surface area contributed by atoms with E-state index < -0.39 is 5.97 Å². The van der Waals surface area contributed by atoms with Gasteiger partial charge in [0.15, 0.2) is 5.69 Å². The summed E-state index contributed by atoms with van der Waals surface area (Å²) < 4.78 is 22.0. The second-order valence-electron chi connectivity index (χ2n) is 7.96. The molecule has 0 saturated carbocycles. The van der Waals surface area contributed by atoms with Gasteiger partial charge in [0.25, 0.3) is 0 Å². The molecule has 0 unspecified atom stereocenters. The highest BCUT2D eigenvalue weighted by atomic mass is 16.6. The summed E-state index contributed by atoms with van der Waals surface area (Å²) in [6.45, 7) is 4.16. The zero-order chi connectivity index (χ0) is 26.0. The molecule has 1 heterocycles. The van der Waals surface area contributed by atoms with Crippen molar-refractivity contribution in [3.8, 4) is 22.6 Å². The number of rotatable bonds is 11. The van der Waals surface area contributed by atoms with E-state index in [4.69, 9.17) is 23.6 Å². The summed E-state index contributed by atoms with van der Waals surface area (Å²) in [5.74, 6) is 1.41. The van der Waals surface area contributed by atoms with E-state index in [0.717, 1.165) is 16.7 Å². The second kappa shape index (κ2) is 12.4. The van der Waals surface area contributed by atoms with E-state index in [0.29, 0.717) is 35.1 Å². The van der Waals surface area contributed by atoms with Crippen LogP contribution >= 0.6 is 0 Å². The van der Waals surface area contributed by atoms with Crippen molar-refractivity contribution in [2.45, 2.75) is 20.5 Å². The van der Waals surface area contributed by atoms with Crippen LogP contribution in [0.2, 0.25) is 0 Å². The average molecular weight is 501 g/mol. The maximum atomic E-state index is 12.2. The second-order valence-corrected chi connectivity index (χ2v) is 7.96. The lowest BCUT2D eigenvalue weighted by molar-refractivity contribution is 0.0515. The van der Waals surface area contributed by atoms with Crippen LogP contribution in [0.1, 0.15) is 34.3 Å². The van der Waals surface area contributed by atoms with E-state index >= 15 is 0 Å². The first-order chi connectivity index (χ1) is 18.1. The van der Waals surface area contributed by atoms with Crippen molar-refractivity contribution in [1.82, 2.24) is 10.6 Å². The highest BCUT2D eigenvalue weighted by Gasteiger charge is 2.22. The molecule has 4 rings (SSSR count). The Hall–Kier alpha value is -4.56. The highest BCUT2D eigenvalue weighted by molar-refractivity contribution is 5.95. The van der Waals surface area contributed by atoms with Crippen LogP contribution in [0.5, 0.6) is 11.5 Å². The van der Waals surface area contributed by atoms with E-state index in [1.165, 1.54) is 0 Å². The van der Waals surface area contributed by atoms with Crippen LogP contribution in [-0.2, 0) is 16.2 Å². The number of nitrogens with zero attached hydrogens (tertiary/aromatic N) is 1. The average Bonchev–Trinajstić information content (AvgIpc) is 3.32. The smallest absolute Gasteiger partial charge is 0.361 e. The number of carbonyl (C=O) groups is 1. The molecule has 0 aliphatic rings. The largest absolute Gasteiger partial charge is 0.489 e. The van der Waals surface area contributed by atoms with Crippen LogP contribution in [0, 0.1) is 6.92 Å². The number of hydrogen-bond acceptors (Lipinski definition) is 8. The minimum absolute atomic E-state index is 0.166. The molecule has 1 N–H and O–H groups in total. The lowest BCUT2D eigenvalue weighted by Crippen LogP contribution is -2.11. The van der Waals surface area contributed by atoms with Crippen molar-refractivity contribution in [3.63, 3.8) is 0 Å². The molecular formula is C29H28N2O6. The summed E-state index contributed by atoms with van der Waals surface area (Å²) in [5.41, 5.74) is 7.04. The first-order valence-corrected chi connectivity index (χ1v) is 11.8. The zero-order valence-corrected chi connectivity index (χ0v) is 20.9. The Kier molecular flexibility index (Phi) is 8.57. The van der Waals surface area contributed by atoms with Crippen molar-refractivity contribution in [1.29, 1.82) is 0 Å². The van der Waals surface area contributed by atoms with Crippen LogP contribution in [0.25, 0.3) is 16.8 Å². The van der Waals surface area contributed by atoms with Gasteiger partial charge in [0.05, 0.1) is 19.3 Å². The quantitative estimate of drug-likeness (QED) is 0.154. The van der Waals surface area contributed by atoms with Gasteiger partial charge < -0.3 is 18.7 Å². The molecule has 0 fully saturated rings. The number of hydroxylamine groups is 1. The highest BCUT2D eigenvalue weighted by Crippen LogP contribution is 2.29. The summed E-state index contributed by atoms with van der Waals surface area (Å²) in [5, 5.41) is 3.86. The molecule has 0 aliphatic carbocycles.